The van der Waals surface area contributed by atoms with E-state index in [0.717, 1.165) is 28.9 Å². The predicted molar refractivity (Wildman–Crippen MR) is 104 cm³/mol. The summed E-state index contributed by atoms with van der Waals surface area (Å²) in [6, 6.07) is 10.6. The van der Waals surface area contributed by atoms with Gasteiger partial charge in [-0.1, -0.05) is 23.7 Å². The largest absolute Gasteiger partial charge is 0.490 e. The summed E-state index contributed by atoms with van der Waals surface area (Å²) in [6.45, 7) is 0.316. The first-order valence-corrected chi connectivity index (χ1v) is 9.77. The van der Waals surface area contributed by atoms with Crippen LogP contribution in [0.1, 0.15) is 24.8 Å². The maximum absolute atomic E-state index is 13.6. The fraction of sp³-hybridized carbons (Fsp3) is 0.381. The summed E-state index contributed by atoms with van der Waals surface area (Å²) < 4.78 is 25.4. The molecule has 2 heterocycles. The first kappa shape index (κ1) is 17.8. The maximum Gasteiger partial charge on any atom is 0.283 e. The summed E-state index contributed by atoms with van der Waals surface area (Å²) in [4.78, 5) is 4.70. The van der Waals surface area contributed by atoms with Crippen LogP contribution < -0.4 is 10.5 Å². The number of nitrogens with zero attached hydrogens (tertiary/aromatic N) is 1. The number of amidine groups is 1. The van der Waals surface area contributed by atoms with Gasteiger partial charge in [-0.2, -0.15) is 0 Å². The lowest BCUT2D eigenvalue weighted by atomic mass is 9.67. The number of aliphatic imine (C=N–C) groups is 1. The van der Waals surface area contributed by atoms with Crippen molar-refractivity contribution in [3.05, 3.63) is 52.8 Å². The Morgan fingerprint density at radius 1 is 1.18 bits per heavy atom. The lowest BCUT2D eigenvalue weighted by molar-refractivity contribution is -0.0359. The molecule has 4 atom stereocenters. The minimum absolute atomic E-state index is 0.0307. The summed E-state index contributed by atoms with van der Waals surface area (Å²) in [6.07, 6.45) is 1.62. The molecule has 5 rings (SSSR count). The summed E-state index contributed by atoms with van der Waals surface area (Å²) in [5.41, 5.74) is 7.76. The minimum Gasteiger partial charge on any atom is -0.490 e. The molecule has 0 saturated heterocycles. The second kappa shape index (κ2) is 6.36. The van der Waals surface area contributed by atoms with Crippen LogP contribution in [0.15, 0.2) is 41.4 Å². The summed E-state index contributed by atoms with van der Waals surface area (Å²) in [5, 5.41) is 10.3. The normalized spacial score (nSPS) is 30.8. The topological polar surface area (TPSA) is 77.1 Å². The van der Waals surface area contributed by atoms with E-state index in [-0.39, 0.29) is 29.2 Å². The third kappa shape index (κ3) is 2.66. The van der Waals surface area contributed by atoms with Gasteiger partial charge in [-0.05, 0) is 54.7 Å². The second-order valence-corrected chi connectivity index (χ2v) is 8.14. The van der Waals surface area contributed by atoms with Gasteiger partial charge in [-0.25, -0.2) is 9.38 Å². The molecule has 2 aromatic rings. The van der Waals surface area contributed by atoms with Crippen LogP contribution in [0.5, 0.6) is 5.75 Å². The molecule has 1 saturated carbocycles. The molecule has 146 valence electrons. The zero-order chi connectivity index (χ0) is 19.5. The molecule has 1 spiro atoms. The smallest absolute Gasteiger partial charge is 0.283 e. The Kier molecular flexibility index (Phi) is 4.03. The van der Waals surface area contributed by atoms with E-state index in [9.17, 15) is 9.50 Å². The van der Waals surface area contributed by atoms with E-state index in [2.05, 4.69) is 0 Å². The predicted octanol–water partition coefficient (Wildman–Crippen LogP) is 3.61. The average molecular weight is 403 g/mol. The van der Waals surface area contributed by atoms with Crippen LogP contribution in [0.25, 0.3) is 11.1 Å². The van der Waals surface area contributed by atoms with Crippen molar-refractivity contribution in [1.82, 2.24) is 0 Å². The average Bonchev–Trinajstić information content (AvgIpc) is 3.07. The highest BCUT2D eigenvalue weighted by Crippen LogP contribution is 2.53. The molecule has 4 unspecified atom stereocenters. The van der Waals surface area contributed by atoms with Crippen molar-refractivity contribution in [1.29, 1.82) is 0 Å². The molecule has 3 N–H and O–H groups in total. The van der Waals surface area contributed by atoms with Gasteiger partial charge in [0.05, 0.1) is 11.1 Å². The van der Waals surface area contributed by atoms with E-state index >= 15 is 0 Å². The van der Waals surface area contributed by atoms with Gasteiger partial charge in [0.15, 0.2) is 0 Å². The van der Waals surface area contributed by atoms with Crippen LogP contribution in [0.3, 0.4) is 0 Å². The number of fused-ring (bicyclic) bond motifs is 4. The van der Waals surface area contributed by atoms with Crippen LogP contribution in [-0.4, -0.2) is 29.9 Å². The molecule has 5 nitrogen and oxygen atoms in total. The van der Waals surface area contributed by atoms with E-state index in [0.29, 0.717) is 19.4 Å². The fourth-order valence-corrected chi connectivity index (χ4v) is 4.91. The number of hydrogen-bond donors (Lipinski definition) is 2. The number of aliphatic hydroxyl groups excluding tert-OH is 1. The molecule has 2 aromatic carbocycles. The van der Waals surface area contributed by atoms with E-state index in [4.69, 9.17) is 31.8 Å². The van der Waals surface area contributed by atoms with Gasteiger partial charge in [-0.3, -0.25) is 0 Å². The van der Waals surface area contributed by atoms with E-state index in [1.165, 1.54) is 6.07 Å². The Bertz CT molecular complexity index is 982. The van der Waals surface area contributed by atoms with Crippen LogP contribution in [0.4, 0.5) is 4.39 Å². The number of ether oxygens (including phenoxy) is 2. The van der Waals surface area contributed by atoms with Crippen molar-refractivity contribution >= 4 is 17.6 Å². The standard InChI is InChI=1S/C21H20ClFN2O3/c22-16-8-12(1-4-17(16)23)11-2-5-18-14(7-11)21(10-27-20(24)25-21)15-9-13(26)3-6-19(15)28-18/h1-2,4-5,7-8,13,15,19,26H,3,6,9-10H2,(H2,24,25). The van der Waals surface area contributed by atoms with Crippen LogP contribution in [0.2, 0.25) is 5.02 Å². The van der Waals surface area contributed by atoms with Gasteiger partial charge in [0.2, 0.25) is 0 Å². The lowest BCUT2D eigenvalue weighted by Gasteiger charge is -2.47. The molecule has 2 aliphatic heterocycles. The highest BCUT2D eigenvalue weighted by Gasteiger charge is 2.55. The van der Waals surface area contributed by atoms with Crippen molar-refractivity contribution in [3.8, 4) is 16.9 Å². The van der Waals surface area contributed by atoms with Crippen molar-refractivity contribution in [2.45, 2.75) is 37.0 Å². The van der Waals surface area contributed by atoms with E-state index in [1.807, 2.05) is 18.2 Å². The minimum atomic E-state index is -0.691. The van der Waals surface area contributed by atoms with Gasteiger partial charge in [0.1, 0.15) is 29.8 Å². The Hall–Kier alpha value is -2.31. The Morgan fingerprint density at radius 3 is 2.71 bits per heavy atom. The molecule has 0 aromatic heterocycles. The molecular formula is C21H20ClFN2O3. The van der Waals surface area contributed by atoms with Crippen LogP contribution in [0, 0.1) is 11.7 Å². The first-order chi connectivity index (χ1) is 13.5. The molecule has 0 amide bonds. The molecule has 28 heavy (non-hydrogen) atoms. The lowest BCUT2D eigenvalue weighted by Crippen LogP contribution is -2.51. The van der Waals surface area contributed by atoms with E-state index < -0.39 is 11.4 Å². The van der Waals surface area contributed by atoms with E-state index in [1.54, 1.807) is 12.1 Å². The Labute approximate surface area is 166 Å². The number of nitrogens with two attached hydrogens (primary N) is 1. The van der Waals surface area contributed by atoms with Gasteiger partial charge in [0.25, 0.3) is 6.02 Å². The molecule has 1 aliphatic carbocycles. The first-order valence-electron chi connectivity index (χ1n) is 9.39. The quantitative estimate of drug-likeness (QED) is 0.764. The number of rotatable bonds is 1. The van der Waals surface area contributed by atoms with Crippen LogP contribution >= 0.6 is 11.6 Å². The Balaban J connectivity index is 1.65. The molecule has 1 fully saturated rings. The van der Waals surface area contributed by atoms with Crippen molar-refractivity contribution < 1.29 is 19.0 Å². The van der Waals surface area contributed by atoms with Crippen molar-refractivity contribution in [3.63, 3.8) is 0 Å². The van der Waals surface area contributed by atoms with Gasteiger partial charge >= 0.3 is 0 Å². The number of benzene rings is 2. The van der Waals surface area contributed by atoms with Crippen LogP contribution in [-0.2, 0) is 10.3 Å². The maximum atomic E-state index is 13.6. The molecule has 0 radical (unpaired) electrons. The van der Waals surface area contributed by atoms with Gasteiger partial charge < -0.3 is 20.3 Å². The number of halogens is 2. The fourth-order valence-electron chi connectivity index (χ4n) is 4.73. The SMILES string of the molecule is NC1=NC2(CO1)c1cc(-c3ccc(F)c(Cl)c3)ccc1OC1CCC(O)CC12. The second-order valence-electron chi connectivity index (χ2n) is 7.73. The van der Waals surface area contributed by atoms with Gasteiger partial charge in [-0.15, -0.1) is 0 Å². The third-order valence-electron chi connectivity index (χ3n) is 6.10. The Morgan fingerprint density at radius 2 is 1.96 bits per heavy atom. The summed E-state index contributed by atoms with van der Waals surface area (Å²) in [7, 11) is 0. The van der Waals surface area contributed by atoms with Crippen molar-refractivity contribution in [2.75, 3.05) is 6.61 Å². The summed E-state index contributed by atoms with van der Waals surface area (Å²) >= 11 is 5.97. The molecule has 7 heteroatoms. The number of aliphatic hydroxyl groups is 1. The monoisotopic (exact) mass is 402 g/mol. The molecule has 0 bridgehead atoms. The summed E-state index contributed by atoms with van der Waals surface area (Å²) in [5.74, 6) is 0.261. The molecular weight excluding hydrogens is 383 g/mol. The highest BCUT2D eigenvalue weighted by atomic mass is 35.5. The van der Waals surface area contributed by atoms with Crippen molar-refractivity contribution in [2.24, 2.45) is 16.6 Å². The zero-order valence-corrected chi connectivity index (χ0v) is 15.8. The van der Waals surface area contributed by atoms with Gasteiger partial charge in [0, 0.05) is 11.5 Å². The molecule has 3 aliphatic rings. The highest BCUT2D eigenvalue weighted by molar-refractivity contribution is 6.31. The number of hydrogen-bond acceptors (Lipinski definition) is 5. The third-order valence-corrected chi connectivity index (χ3v) is 6.39. The zero-order valence-electron chi connectivity index (χ0n) is 15.1.